The lowest BCUT2D eigenvalue weighted by Gasteiger charge is -2.37. The second kappa shape index (κ2) is 8.51. The molecule has 0 aliphatic carbocycles. The fraction of sp³-hybridized carbons (Fsp3) is 0.538. The van der Waals surface area contributed by atoms with Crippen molar-refractivity contribution in [3.05, 3.63) is 38.0 Å². The molecule has 134 valence electrons. The van der Waals surface area contributed by atoms with Crippen molar-refractivity contribution >= 4 is 15.2 Å². The van der Waals surface area contributed by atoms with E-state index in [-0.39, 0.29) is 6.42 Å². The maximum Gasteiger partial charge on any atom is 0.369 e. The Morgan fingerprint density at radius 1 is 0.870 bits per heavy atom. The van der Waals surface area contributed by atoms with Crippen LogP contribution >= 0.6 is 15.2 Å². The molecule has 0 saturated carbocycles. The zero-order chi connectivity index (χ0) is 18.4. The number of rotatable bonds is 12. The molecule has 0 spiro atoms. The molecular formula is C13H26NO7P2+. The molecule has 0 unspecified atom stereocenters. The maximum absolute atomic E-state index is 11.3. The smallest absolute Gasteiger partial charge is 0.368 e. The van der Waals surface area contributed by atoms with E-state index in [4.69, 9.17) is 19.6 Å². The second-order valence-corrected chi connectivity index (χ2v) is 9.45. The van der Waals surface area contributed by atoms with Gasteiger partial charge in [0, 0.05) is 12.8 Å². The van der Waals surface area contributed by atoms with E-state index in [1.807, 2.05) is 0 Å². The Balaban J connectivity index is 5.28. The summed E-state index contributed by atoms with van der Waals surface area (Å²) < 4.78 is 23.0. The summed E-state index contributed by atoms with van der Waals surface area (Å²) in [6.07, 6.45) is 4.27. The number of hydrogen-bond donors (Lipinski definition) is 5. The van der Waals surface area contributed by atoms with E-state index in [0.29, 0.717) is 30.7 Å². The first kappa shape index (κ1) is 22.4. The Kier molecular flexibility index (Phi) is 8.30. The van der Waals surface area contributed by atoms with E-state index in [1.165, 1.54) is 0 Å². The standard InChI is InChI=1S/C13H25NO7P2/c1-4-9-14(10-5-2,11-6-3)12-7-8-13(15,22(16,17)18)23(19,20)21/h4-6,15H,1-3,7-12H2,(H3-,16,17,18,19,20,21)/p+1. The molecule has 0 heterocycles. The highest BCUT2D eigenvalue weighted by Crippen LogP contribution is 2.69. The molecule has 23 heavy (non-hydrogen) atoms. The lowest BCUT2D eigenvalue weighted by molar-refractivity contribution is -0.912. The van der Waals surface area contributed by atoms with Gasteiger partial charge in [0.05, 0.1) is 26.2 Å². The average molecular weight is 370 g/mol. The third kappa shape index (κ3) is 5.78. The molecule has 8 nitrogen and oxygen atoms in total. The van der Waals surface area contributed by atoms with Gasteiger partial charge in [0.15, 0.2) is 0 Å². The number of aliphatic hydroxyl groups is 1. The Morgan fingerprint density at radius 2 is 1.22 bits per heavy atom. The van der Waals surface area contributed by atoms with Gasteiger partial charge in [0.25, 0.3) is 5.08 Å². The van der Waals surface area contributed by atoms with Crippen LogP contribution in [-0.2, 0) is 9.13 Å². The molecule has 0 atom stereocenters. The largest absolute Gasteiger partial charge is 0.369 e. The first-order valence-corrected chi connectivity index (χ1v) is 10.1. The lowest BCUT2D eigenvalue weighted by Crippen LogP contribution is -2.49. The zero-order valence-electron chi connectivity index (χ0n) is 13.0. The molecule has 0 radical (unpaired) electrons. The van der Waals surface area contributed by atoms with E-state index >= 15 is 0 Å². The molecule has 0 saturated heterocycles. The topological polar surface area (TPSA) is 135 Å². The van der Waals surface area contributed by atoms with Gasteiger partial charge in [0.1, 0.15) is 0 Å². The summed E-state index contributed by atoms with van der Waals surface area (Å²) in [6.45, 7) is 12.8. The molecular weight excluding hydrogens is 344 g/mol. The highest BCUT2D eigenvalue weighted by Gasteiger charge is 2.58. The number of quaternary nitrogens is 1. The van der Waals surface area contributed by atoms with Crippen LogP contribution in [0.3, 0.4) is 0 Å². The van der Waals surface area contributed by atoms with Crippen molar-refractivity contribution in [3.8, 4) is 0 Å². The van der Waals surface area contributed by atoms with Crippen LogP contribution in [0.1, 0.15) is 12.8 Å². The van der Waals surface area contributed by atoms with Gasteiger partial charge in [0.2, 0.25) is 0 Å². The van der Waals surface area contributed by atoms with Crippen molar-refractivity contribution in [3.63, 3.8) is 0 Å². The summed E-state index contributed by atoms with van der Waals surface area (Å²) in [4.78, 5) is 36.5. The van der Waals surface area contributed by atoms with Crippen LogP contribution in [0.2, 0.25) is 0 Å². The molecule has 0 aliphatic heterocycles. The normalized spacial score (nSPS) is 13.6. The van der Waals surface area contributed by atoms with Crippen LogP contribution in [-0.4, -0.2) is 60.4 Å². The Labute approximate surface area is 136 Å². The third-order valence-corrected chi connectivity index (χ3v) is 7.50. The van der Waals surface area contributed by atoms with Crippen LogP contribution < -0.4 is 0 Å². The average Bonchev–Trinajstić information content (AvgIpc) is 2.36. The van der Waals surface area contributed by atoms with Gasteiger partial charge in [-0.25, -0.2) is 0 Å². The molecule has 0 aliphatic rings. The second-order valence-electron chi connectivity index (χ2n) is 5.44. The lowest BCUT2D eigenvalue weighted by atomic mass is 10.2. The van der Waals surface area contributed by atoms with Crippen LogP contribution in [0.4, 0.5) is 0 Å². The van der Waals surface area contributed by atoms with Crippen LogP contribution in [0.15, 0.2) is 38.0 Å². The Hall–Kier alpha value is -0.560. The molecule has 0 bridgehead atoms. The predicted octanol–water partition coefficient (Wildman–Crippen LogP) is 1.14. The summed E-state index contributed by atoms with van der Waals surface area (Å²) in [7, 11) is -10.8. The monoisotopic (exact) mass is 370 g/mol. The fourth-order valence-electron chi connectivity index (χ4n) is 2.43. The minimum absolute atomic E-state index is 0.0117. The summed E-state index contributed by atoms with van der Waals surface area (Å²) >= 11 is 0. The fourth-order valence-corrected chi connectivity index (χ4v) is 4.69. The summed E-state index contributed by atoms with van der Waals surface area (Å²) in [5.74, 6) is 0. The molecule has 0 fully saturated rings. The van der Waals surface area contributed by atoms with Crippen LogP contribution in [0.5, 0.6) is 0 Å². The third-order valence-electron chi connectivity index (χ3n) is 3.63. The summed E-state index contributed by atoms with van der Waals surface area (Å²) in [5.41, 5.74) is 0. The molecule has 0 amide bonds. The number of hydrogen-bond acceptors (Lipinski definition) is 3. The maximum atomic E-state index is 11.3. The van der Waals surface area contributed by atoms with Gasteiger partial charge in [-0.3, -0.25) is 9.13 Å². The minimum atomic E-state index is -5.41. The SMILES string of the molecule is C=CC[N+](CC=C)(CC=C)CCCC(O)(P(=O)(O)O)P(=O)(O)O. The van der Waals surface area contributed by atoms with E-state index < -0.39 is 26.7 Å². The van der Waals surface area contributed by atoms with Gasteiger partial charge >= 0.3 is 15.2 Å². The van der Waals surface area contributed by atoms with Crippen molar-refractivity contribution in [2.75, 3.05) is 26.2 Å². The zero-order valence-corrected chi connectivity index (χ0v) is 14.8. The van der Waals surface area contributed by atoms with Gasteiger partial charge in [-0.2, -0.15) is 0 Å². The highest BCUT2D eigenvalue weighted by atomic mass is 31.2. The van der Waals surface area contributed by atoms with Gasteiger partial charge in [-0.1, -0.05) is 19.7 Å². The Bertz CT molecular complexity index is 474. The summed E-state index contributed by atoms with van der Waals surface area (Å²) in [6, 6.07) is 0. The highest BCUT2D eigenvalue weighted by molar-refractivity contribution is 7.72. The first-order chi connectivity index (χ1) is 10.4. The van der Waals surface area contributed by atoms with Crippen molar-refractivity contribution in [1.29, 1.82) is 0 Å². The van der Waals surface area contributed by atoms with E-state index in [9.17, 15) is 14.2 Å². The molecule has 0 aromatic carbocycles. The molecule has 0 aromatic heterocycles. The predicted molar refractivity (Wildman–Crippen MR) is 88.6 cm³/mol. The minimum Gasteiger partial charge on any atom is -0.368 e. The van der Waals surface area contributed by atoms with Crippen molar-refractivity contribution < 1.29 is 38.3 Å². The molecule has 10 heteroatoms. The van der Waals surface area contributed by atoms with Crippen molar-refractivity contribution in [1.82, 2.24) is 0 Å². The van der Waals surface area contributed by atoms with E-state index in [1.54, 1.807) is 18.2 Å². The Morgan fingerprint density at radius 3 is 1.48 bits per heavy atom. The van der Waals surface area contributed by atoms with Gasteiger partial charge < -0.3 is 29.2 Å². The molecule has 0 rings (SSSR count). The first-order valence-electron chi connectivity index (χ1n) is 6.90. The van der Waals surface area contributed by atoms with E-state index in [0.717, 1.165) is 0 Å². The summed E-state index contributed by atoms with van der Waals surface area (Å²) in [5, 5.41) is 6.51. The van der Waals surface area contributed by atoms with Crippen molar-refractivity contribution in [2.24, 2.45) is 0 Å². The van der Waals surface area contributed by atoms with Crippen LogP contribution in [0, 0.1) is 0 Å². The van der Waals surface area contributed by atoms with E-state index in [2.05, 4.69) is 19.7 Å². The van der Waals surface area contributed by atoms with Gasteiger partial charge in [-0.05, 0) is 18.2 Å². The van der Waals surface area contributed by atoms with Crippen LogP contribution in [0.25, 0.3) is 0 Å². The number of nitrogens with zero attached hydrogens (tertiary/aromatic N) is 1. The van der Waals surface area contributed by atoms with Crippen molar-refractivity contribution in [2.45, 2.75) is 17.9 Å². The molecule has 5 N–H and O–H groups in total. The molecule has 0 aromatic rings. The van der Waals surface area contributed by atoms with Gasteiger partial charge in [-0.15, -0.1) is 0 Å². The quantitative estimate of drug-likeness (QED) is 0.197.